The number of amides is 1. The summed E-state index contributed by atoms with van der Waals surface area (Å²) in [5.74, 6) is -0.895. The minimum absolute atomic E-state index is 0.0166. The van der Waals surface area contributed by atoms with Crippen LogP contribution in [0.2, 0.25) is 0 Å². The van der Waals surface area contributed by atoms with Gasteiger partial charge in [0.25, 0.3) is 0 Å². The molecule has 1 atom stereocenters. The Morgan fingerprint density at radius 3 is 2.86 bits per heavy atom. The Morgan fingerprint density at radius 2 is 2.09 bits per heavy atom. The highest BCUT2D eigenvalue weighted by molar-refractivity contribution is 5.83. The fourth-order valence-electron chi connectivity index (χ4n) is 2.52. The topological polar surface area (TPSA) is 82.2 Å². The van der Waals surface area contributed by atoms with Crippen LogP contribution in [0.5, 0.6) is 0 Å². The summed E-state index contributed by atoms with van der Waals surface area (Å²) in [6.07, 6.45) is 4.16. The van der Waals surface area contributed by atoms with Crippen molar-refractivity contribution in [1.82, 2.24) is 10.3 Å². The van der Waals surface area contributed by atoms with Gasteiger partial charge in [-0.1, -0.05) is 25.1 Å². The summed E-state index contributed by atoms with van der Waals surface area (Å²) in [7, 11) is 0. The molecule has 1 unspecified atom stereocenters. The van der Waals surface area contributed by atoms with E-state index in [1.54, 1.807) is 0 Å². The molecular formula is C17H22N2O3. The Balaban J connectivity index is 1.72. The Hall–Kier alpha value is -2.30. The second kappa shape index (κ2) is 7.64. The molecule has 0 saturated carbocycles. The lowest BCUT2D eigenvalue weighted by Crippen LogP contribution is -2.29. The van der Waals surface area contributed by atoms with E-state index in [0.29, 0.717) is 13.0 Å². The summed E-state index contributed by atoms with van der Waals surface area (Å²) in [4.78, 5) is 25.5. The van der Waals surface area contributed by atoms with E-state index in [1.165, 1.54) is 10.9 Å². The van der Waals surface area contributed by atoms with Crippen LogP contribution in [-0.2, 0) is 16.0 Å². The third kappa shape index (κ3) is 4.62. The average molecular weight is 302 g/mol. The standard InChI is InChI=1S/C17H22N2O3/c1-12(9-17(21)22)10-19-16(20)8-4-5-13-11-18-15-7-3-2-6-14(13)15/h2-3,6-7,11-12,18H,4-5,8-10H2,1H3,(H,19,20)(H,21,22). The zero-order chi connectivity index (χ0) is 15.9. The van der Waals surface area contributed by atoms with Crippen LogP contribution in [0.4, 0.5) is 0 Å². The molecule has 0 aliphatic rings. The lowest BCUT2D eigenvalue weighted by Gasteiger charge is -2.10. The first-order valence-corrected chi connectivity index (χ1v) is 7.59. The zero-order valence-corrected chi connectivity index (χ0v) is 12.8. The number of carboxylic acids is 1. The number of aryl methyl sites for hydroxylation is 1. The second-order valence-corrected chi connectivity index (χ2v) is 5.72. The van der Waals surface area contributed by atoms with Crippen molar-refractivity contribution in [2.24, 2.45) is 5.92 Å². The van der Waals surface area contributed by atoms with Crippen LogP contribution in [0.15, 0.2) is 30.5 Å². The number of carbonyl (C=O) groups is 2. The van der Waals surface area contributed by atoms with Crippen LogP contribution in [0.25, 0.3) is 10.9 Å². The van der Waals surface area contributed by atoms with Crippen LogP contribution in [0.3, 0.4) is 0 Å². The van der Waals surface area contributed by atoms with Crippen molar-refractivity contribution in [1.29, 1.82) is 0 Å². The Kier molecular flexibility index (Phi) is 5.58. The molecule has 1 heterocycles. The zero-order valence-electron chi connectivity index (χ0n) is 12.8. The van der Waals surface area contributed by atoms with E-state index in [0.717, 1.165) is 18.4 Å². The predicted molar refractivity (Wildman–Crippen MR) is 85.7 cm³/mol. The molecule has 1 aromatic heterocycles. The third-order valence-corrected chi connectivity index (χ3v) is 3.70. The van der Waals surface area contributed by atoms with Gasteiger partial charge in [-0.3, -0.25) is 9.59 Å². The van der Waals surface area contributed by atoms with Gasteiger partial charge in [-0.15, -0.1) is 0 Å². The average Bonchev–Trinajstić information content (AvgIpc) is 2.88. The van der Waals surface area contributed by atoms with Crippen molar-refractivity contribution in [2.45, 2.75) is 32.6 Å². The van der Waals surface area contributed by atoms with Crippen molar-refractivity contribution in [3.63, 3.8) is 0 Å². The van der Waals surface area contributed by atoms with Gasteiger partial charge >= 0.3 is 5.97 Å². The highest BCUT2D eigenvalue weighted by Crippen LogP contribution is 2.19. The van der Waals surface area contributed by atoms with Gasteiger partial charge in [-0.05, 0) is 30.4 Å². The van der Waals surface area contributed by atoms with Gasteiger partial charge in [0.2, 0.25) is 5.91 Å². The number of hydrogen-bond acceptors (Lipinski definition) is 2. The summed E-state index contributed by atoms with van der Waals surface area (Å²) in [6.45, 7) is 2.23. The van der Waals surface area contributed by atoms with Gasteiger partial charge < -0.3 is 15.4 Å². The van der Waals surface area contributed by atoms with E-state index in [9.17, 15) is 9.59 Å². The van der Waals surface area contributed by atoms with Crippen molar-refractivity contribution >= 4 is 22.8 Å². The molecule has 0 bridgehead atoms. The molecule has 5 nitrogen and oxygen atoms in total. The number of carboxylic acid groups (broad SMARTS) is 1. The molecule has 0 saturated heterocycles. The van der Waals surface area contributed by atoms with Crippen molar-refractivity contribution in [2.75, 3.05) is 6.54 Å². The smallest absolute Gasteiger partial charge is 0.303 e. The maximum absolute atomic E-state index is 11.8. The molecule has 2 rings (SSSR count). The van der Waals surface area contributed by atoms with Crippen LogP contribution in [0, 0.1) is 5.92 Å². The summed E-state index contributed by atoms with van der Waals surface area (Å²) in [5, 5.41) is 12.7. The first-order valence-electron chi connectivity index (χ1n) is 7.59. The fourth-order valence-corrected chi connectivity index (χ4v) is 2.52. The van der Waals surface area contributed by atoms with E-state index in [1.807, 2.05) is 31.3 Å². The lowest BCUT2D eigenvalue weighted by atomic mass is 10.1. The van der Waals surface area contributed by atoms with Crippen LogP contribution in [-0.4, -0.2) is 28.5 Å². The number of fused-ring (bicyclic) bond motifs is 1. The van der Waals surface area contributed by atoms with Crippen LogP contribution < -0.4 is 5.32 Å². The van der Waals surface area contributed by atoms with Gasteiger partial charge in [0.15, 0.2) is 0 Å². The Labute approximate surface area is 129 Å². The van der Waals surface area contributed by atoms with Gasteiger partial charge in [0.05, 0.1) is 0 Å². The predicted octanol–water partition coefficient (Wildman–Crippen LogP) is 2.72. The van der Waals surface area contributed by atoms with Gasteiger partial charge in [-0.25, -0.2) is 0 Å². The number of carbonyl (C=O) groups excluding carboxylic acids is 1. The van der Waals surface area contributed by atoms with Gasteiger partial charge in [-0.2, -0.15) is 0 Å². The van der Waals surface area contributed by atoms with Crippen molar-refractivity contribution in [3.8, 4) is 0 Å². The van der Waals surface area contributed by atoms with Crippen molar-refractivity contribution in [3.05, 3.63) is 36.0 Å². The Morgan fingerprint density at radius 1 is 1.32 bits per heavy atom. The number of H-pyrrole nitrogens is 1. The summed E-state index contributed by atoms with van der Waals surface area (Å²) < 4.78 is 0. The maximum Gasteiger partial charge on any atom is 0.303 e. The normalized spacial score (nSPS) is 12.2. The van der Waals surface area contributed by atoms with E-state index in [2.05, 4.69) is 16.4 Å². The second-order valence-electron chi connectivity index (χ2n) is 5.72. The quantitative estimate of drug-likeness (QED) is 0.701. The van der Waals surface area contributed by atoms with Crippen LogP contribution in [0.1, 0.15) is 31.7 Å². The minimum atomic E-state index is -0.832. The van der Waals surface area contributed by atoms with E-state index in [4.69, 9.17) is 5.11 Å². The molecule has 0 aliphatic carbocycles. The number of rotatable bonds is 8. The van der Waals surface area contributed by atoms with Crippen molar-refractivity contribution < 1.29 is 14.7 Å². The summed E-state index contributed by atoms with van der Waals surface area (Å²) >= 11 is 0. The SMILES string of the molecule is CC(CNC(=O)CCCc1c[nH]c2ccccc12)CC(=O)O. The first kappa shape index (κ1) is 16.1. The van der Waals surface area contributed by atoms with Gasteiger partial charge in [0.1, 0.15) is 0 Å². The highest BCUT2D eigenvalue weighted by atomic mass is 16.4. The molecule has 0 fully saturated rings. The Bertz CT molecular complexity index is 648. The number of hydrogen-bond donors (Lipinski definition) is 3. The molecular weight excluding hydrogens is 280 g/mol. The summed E-state index contributed by atoms with van der Waals surface area (Å²) in [5.41, 5.74) is 2.34. The highest BCUT2D eigenvalue weighted by Gasteiger charge is 2.10. The first-order chi connectivity index (χ1) is 10.6. The molecule has 0 spiro atoms. The third-order valence-electron chi connectivity index (χ3n) is 3.70. The molecule has 1 amide bonds. The fraction of sp³-hybridized carbons (Fsp3) is 0.412. The lowest BCUT2D eigenvalue weighted by molar-refractivity contribution is -0.138. The number of aromatic amines is 1. The molecule has 5 heteroatoms. The number of aliphatic carboxylic acids is 1. The molecule has 22 heavy (non-hydrogen) atoms. The summed E-state index contributed by atoms with van der Waals surface area (Å²) in [6, 6.07) is 8.12. The van der Waals surface area contributed by atoms with E-state index >= 15 is 0 Å². The maximum atomic E-state index is 11.8. The number of para-hydroxylation sites is 1. The molecule has 0 aliphatic heterocycles. The van der Waals surface area contributed by atoms with Crippen LogP contribution >= 0.6 is 0 Å². The number of aromatic nitrogens is 1. The molecule has 3 N–H and O–H groups in total. The molecule has 0 radical (unpaired) electrons. The molecule has 1 aromatic carbocycles. The number of nitrogens with one attached hydrogen (secondary N) is 2. The number of benzene rings is 1. The van der Waals surface area contributed by atoms with Gasteiger partial charge in [0, 0.05) is 36.5 Å². The van der Waals surface area contributed by atoms with E-state index in [-0.39, 0.29) is 18.2 Å². The minimum Gasteiger partial charge on any atom is -0.481 e. The molecule has 2 aromatic rings. The monoisotopic (exact) mass is 302 g/mol. The molecule has 118 valence electrons. The largest absolute Gasteiger partial charge is 0.481 e. The van der Waals surface area contributed by atoms with E-state index < -0.39 is 5.97 Å².